The average Bonchev–Trinajstić information content (AvgIpc) is 2.98. The van der Waals surface area contributed by atoms with E-state index in [0.29, 0.717) is 6.04 Å². The Balaban J connectivity index is 2.02. The SMILES string of the molecule is CC(C)N(C(=O)/C=C/c1ccc(I)o1)C1CC1. The van der Waals surface area contributed by atoms with Gasteiger partial charge >= 0.3 is 0 Å². The molecule has 1 saturated carbocycles. The third-order valence-electron chi connectivity index (χ3n) is 2.74. The van der Waals surface area contributed by atoms with Gasteiger partial charge in [0, 0.05) is 18.2 Å². The lowest BCUT2D eigenvalue weighted by Gasteiger charge is -2.25. The summed E-state index contributed by atoms with van der Waals surface area (Å²) in [4.78, 5) is 14.0. The van der Waals surface area contributed by atoms with Gasteiger partial charge in [-0.25, -0.2) is 0 Å². The predicted octanol–water partition coefficient (Wildman–Crippen LogP) is 3.30. The molecule has 3 nitrogen and oxygen atoms in total. The maximum Gasteiger partial charge on any atom is 0.247 e. The minimum atomic E-state index is 0.0777. The van der Waals surface area contributed by atoms with Crippen LogP contribution in [0.15, 0.2) is 22.6 Å². The maximum absolute atomic E-state index is 12.0. The fourth-order valence-corrected chi connectivity index (χ4v) is 2.30. The molecule has 1 aromatic heterocycles. The zero-order valence-electron chi connectivity index (χ0n) is 10.0. The van der Waals surface area contributed by atoms with Crippen LogP contribution in [0.25, 0.3) is 6.08 Å². The molecule has 1 fully saturated rings. The number of nitrogens with zero attached hydrogens (tertiary/aromatic N) is 1. The average molecular weight is 345 g/mol. The molecule has 0 bridgehead atoms. The Morgan fingerprint density at radius 3 is 2.71 bits per heavy atom. The highest BCUT2D eigenvalue weighted by Crippen LogP contribution is 2.28. The Hall–Kier alpha value is -0.780. The van der Waals surface area contributed by atoms with Crippen LogP contribution in [0, 0.1) is 3.77 Å². The number of carbonyl (C=O) groups is 1. The number of rotatable bonds is 4. The van der Waals surface area contributed by atoms with Crippen molar-refractivity contribution in [1.82, 2.24) is 4.90 Å². The van der Waals surface area contributed by atoms with E-state index in [1.54, 1.807) is 12.2 Å². The van der Waals surface area contributed by atoms with Crippen LogP contribution in [0.1, 0.15) is 32.4 Å². The van der Waals surface area contributed by atoms with E-state index in [1.165, 1.54) is 0 Å². The van der Waals surface area contributed by atoms with E-state index >= 15 is 0 Å². The van der Waals surface area contributed by atoms with Crippen molar-refractivity contribution in [3.05, 3.63) is 27.7 Å². The van der Waals surface area contributed by atoms with Crippen molar-refractivity contribution < 1.29 is 9.21 Å². The monoisotopic (exact) mass is 345 g/mol. The molecule has 4 heteroatoms. The Bertz CT molecular complexity index is 430. The second-order valence-electron chi connectivity index (χ2n) is 4.55. The molecule has 1 aliphatic carbocycles. The topological polar surface area (TPSA) is 33.5 Å². The van der Waals surface area contributed by atoms with Crippen molar-refractivity contribution >= 4 is 34.6 Å². The van der Waals surface area contributed by atoms with E-state index in [0.717, 1.165) is 22.4 Å². The zero-order chi connectivity index (χ0) is 12.4. The van der Waals surface area contributed by atoms with Gasteiger partial charge in [0.15, 0.2) is 3.77 Å². The van der Waals surface area contributed by atoms with Crippen LogP contribution in [-0.2, 0) is 4.79 Å². The van der Waals surface area contributed by atoms with E-state index in [1.807, 2.05) is 17.0 Å². The first kappa shape index (κ1) is 12.7. The van der Waals surface area contributed by atoms with Crippen molar-refractivity contribution in [1.29, 1.82) is 0 Å². The molecule has 1 aromatic rings. The highest BCUT2D eigenvalue weighted by atomic mass is 127. The lowest BCUT2D eigenvalue weighted by molar-refractivity contribution is -0.128. The van der Waals surface area contributed by atoms with Crippen LogP contribution in [-0.4, -0.2) is 22.9 Å². The minimum absolute atomic E-state index is 0.0777. The summed E-state index contributed by atoms with van der Waals surface area (Å²) < 4.78 is 6.21. The van der Waals surface area contributed by atoms with Crippen LogP contribution in [0.3, 0.4) is 0 Å². The van der Waals surface area contributed by atoms with Crippen LogP contribution in [0.5, 0.6) is 0 Å². The van der Waals surface area contributed by atoms with Gasteiger partial charge in [-0.2, -0.15) is 0 Å². The molecular weight excluding hydrogens is 329 g/mol. The minimum Gasteiger partial charge on any atom is -0.451 e. The van der Waals surface area contributed by atoms with Gasteiger partial charge in [-0.05, 0) is 67.5 Å². The molecule has 0 aromatic carbocycles. The van der Waals surface area contributed by atoms with Gasteiger partial charge in [0.25, 0.3) is 0 Å². The van der Waals surface area contributed by atoms with Crippen molar-refractivity contribution in [3.63, 3.8) is 0 Å². The van der Waals surface area contributed by atoms with Crippen molar-refractivity contribution in [2.75, 3.05) is 0 Å². The molecule has 0 aliphatic heterocycles. The first-order valence-corrected chi connectivity index (χ1v) is 6.91. The lowest BCUT2D eigenvalue weighted by Crippen LogP contribution is -2.37. The molecule has 0 radical (unpaired) electrons. The summed E-state index contributed by atoms with van der Waals surface area (Å²) in [6.07, 6.45) is 5.61. The maximum atomic E-state index is 12.0. The van der Waals surface area contributed by atoms with Gasteiger partial charge in [0.2, 0.25) is 5.91 Å². The largest absolute Gasteiger partial charge is 0.451 e. The summed E-state index contributed by atoms with van der Waals surface area (Å²) in [5.74, 6) is 0.802. The Kier molecular flexibility index (Phi) is 3.91. The van der Waals surface area contributed by atoms with Crippen LogP contribution in [0.2, 0.25) is 0 Å². The van der Waals surface area contributed by atoms with Crippen LogP contribution >= 0.6 is 22.6 Å². The summed E-state index contributed by atoms with van der Waals surface area (Å²) in [6, 6.07) is 4.45. The van der Waals surface area contributed by atoms with E-state index in [4.69, 9.17) is 4.42 Å². The van der Waals surface area contributed by atoms with Crippen LogP contribution in [0.4, 0.5) is 0 Å². The third kappa shape index (κ3) is 3.34. The van der Waals surface area contributed by atoms with Gasteiger partial charge in [-0.15, -0.1) is 0 Å². The number of hydrogen-bond acceptors (Lipinski definition) is 2. The highest BCUT2D eigenvalue weighted by Gasteiger charge is 2.33. The normalized spacial score (nSPS) is 15.8. The van der Waals surface area contributed by atoms with Gasteiger partial charge < -0.3 is 9.32 Å². The summed E-state index contributed by atoms with van der Waals surface area (Å²) >= 11 is 2.11. The molecule has 0 N–H and O–H groups in total. The number of hydrogen-bond donors (Lipinski definition) is 0. The molecule has 17 heavy (non-hydrogen) atoms. The predicted molar refractivity (Wildman–Crippen MR) is 75.5 cm³/mol. The van der Waals surface area contributed by atoms with Crippen LogP contribution < -0.4 is 0 Å². The van der Waals surface area contributed by atoms with E-state index < -0.39 is 0 Å². The second-order valence-corrected chi connectivity index (χ2v) is 5.61. The fourth-order valence-electron chi connectivity index (χ4n) is 1.87. The number of amides is 1. The van der Waals surface area contributed by atoms with Gasteiger partial charge in [0.1, 0.15) is 5.76 Å². The fraction of sp³-hybridized carbons (Fsp3) is 0.462. The summed E-state index contributed by atoms with van der Waals surface area (Å²) in [5, 5.41) is 0. The Morgan fingerprint density at radius 2 is 2.24 bits per heavy atom. The highest BCUT2D eigenvalue weighted by molar-refractivity contribution is 14.1. The number of halogens is 1. The van der Waals surface area contributed by atoms with E-state index in [-0.39, 0.29) is 11.9 Å². The molecule has 0 unspecified atom stereocenters. The van der Waals surface area contributed by atoms with E-state index in [2.05, 4.69) is 36.4 Å². The van der Waals surface area contributed by atoms with Gasteiger partial charge in [-0.3, -0.25) is 4.79 Å². The first-order chi connectivity index (χ1) is 8.08. The molecule has 0 atom stereocenters. The second kappa shape index (κ2) is 5.25. The summed E-state index contributed by atoms with van der Waals surface area (Å²) in [6.45, 7) is 4.11. The quantitative estimate of drug-likeness (QED) is 0.620. The summed E-state index contributed by atoms with van der Waals surface area (Å²) in [5.41, 5.74) is 0. The van der Waals surface area contributed by atoms with Crippen molar-refractivity contribution in [2.45, 2.75) is 38.8 Å². The Labute approximate surface area is 115 Å². The van der Waals surface area contributed by atoms with Crippen molar-refractivity contribution in [3.8, 4) is 0 Å². The summed E-state index contributed by atoms with van der Waals surface area (Å²) in [7, 11) is 0. The zero-order valence-corrected chi connectivity index (χ0v) is 12.2. The molecule has 92 valence electrons. The standard InChI is InChI=1S/C13H16INO2/c1-9(2)15(10-3-4-10)13(16)8-6-11-5-7-12(14)17-11/h5-10H,3-4H2,1-2H3/b8-6+. The molecule has 0 spiro atoms. The number of furan rings is 1. The first-order valence-electron chi connectivity index (χ1n) is 5.83. The number of carbonyl (C=O) groups excluding carboxylic acids is 1. The van der Waals surface area contributed by atoms with Crippen molar-refractivity contribution in [2.24, 2.45) is 0 Å². The van der Waals surface area contributed by atoms with Gasteiger partial charge in [-0.1, -0.05) is 0 Å². The molecule has 1 amide bonds. The van der Waals surface area contributed by atoms with E-state index in [9.17, 15) is 4.79 Å². The molecular formula is C13H16INO2. The molecule has 1 aliphatic rings. The Morgan fingerprint density at radius 1 is 1.53 bits per heavy atom. The smallest absolute Gasteiger partial charge is 0.247 e. The molecule has 2 rings (SSSR count). The molecule has 1 heterocycles. The van der Waals surface area contributed by atoms with Gasteiger partial charge in [0.05, 0.1) is 0 Å². The third-order valence-corrected chi connectivity index (χ3v) is 3.32. The lowest BCUT2D eigenvalue weighted by atomic mass is 10.3. The molecule has 0 saturated heterocycles.